The SMILES string of the molecule is O=C(O)/C=C/c1cnc(Cc2cccc(Cl)c2)s1. The van der Waals surface area contributed by atoms with Gasteiger partial charge in [-0.3, -0.25) is 0 Å². The first-order chi connectivity index (χ1) is 8.63. The van der Waals surface area contributed by atoms with Crippen molar-refractivity contribution in [2.45, 2.75) is 6.42 Å². The van der Waals surface area contributed by atoms with Crippen molar-refractivity contribution in [2.24, 2.45) is 0 Å². The van der Waals surface area contributed by atoms with Crippen LogP contribution >= 0.6 is 22.9 Å². The number of nitrogens with zero attached hydrogens (tertiary/aromatic N) is 1. The second kappa shape index (κ2) is 5.80. The Morgan fingerprint density at radius 2 is 2.33 bits per heavy atom. The molecule has 0 fully saturated rings. The fourth-order valence-electron chi connectivity index (χ4n) is 1.46. The van der Waals surface area contributed by atoms with Gasteiger partial charge in [-0.05, 0) is 23.8 Å². The molecule has 1 heterocycles. The van der Waals surface area contributed by atoms with Gasteiger partial charge in [-0.25, -0.2) is 9.78 Å². The normalized spacial score (nSPS) is 10.9. The highest BCUT2D eigenvalue weighted by Crippen LogP contribution is 2.19. The summed E-state index contributed by atoms with van der Waals surface area (Å²) in [5.74, 6) is -0.959. The Morgan fingerprint density at radius 1 is 1.50 bits per heavy atom. The molecular formula is C13H10ClNO2S. The number of hydrogen-bond acceptors (Lipinski definition) is 3. The average molecular weight is 280 g/mol. The summed E-state index contributed by atoms with van der Waals surface area (Å²) >= 11 is 7.38. The molecule has 0 unspecified atom stereocenters. The van der Waals surface area contributed by atoms with E-state index in [9.17, 15) is 4.79 Å². The fraction of sp³-hybridized carbons (Fsp3) is 0.0769. The van der Waals surface area contributed by atoms with Gasteiger partial charge >= 0.3 is 5.97 Å². The van der Waals surface area contributed by atoms with Gasteiger partial charge < -0.3 is 5.11 Å². The number of carboxylic acids is 1. The number of halogens is 1. The molecule has 0 aliphatic rings. The molecule has 92 valence electrons. The summed E-state index contributed by atoms with van der Waals surface area (Å²) in [6.07, 6.45) is 5.02. The summed E-state index contributed by atoms with van der Waals surface area (Å²) in [6, 6.07) is 7.61. The summed E-state index contributed by atoms with van der Waals surface area (Å²) in [5.41, 5.74) is 1.09. The molecule has 0 amide bonds. The van der Waals surface area contributed by atoms with Crippen LogP contribution in [-0.2, 0) is 11.2 Å². The van der Waals surface area contributed by atoms with E-state index >= 15 is 0 Å². The quantitative estimate of drug-likeness (QED) is 0.872. The third-order valence-corrected chi connectivity index (χ3v) is 3.40. The van der Waals surface area contributed by atoms with Gasteiger partial charge in [-0.15, -0.1) is 11.3 Å². The fourth-order valence-corrected chi connectivity index (χ4v) is 2.53. The summed E-state index contributed by atoms with van der Waals surface area (Å²) in [7, 11) is 0. The van der Waals surface area contributed by atoms with Crippen LogP contribution in [0.25, 0.3) is 6.08 Å². The third-order valence-electron chi connectivity index (χ3n) is 2.21. The lowest BCUT2D eigenvalue weighted by Crippen LogP contribution is -1.85. The van der Waals surface area contributed by atoms with Gasteiger partial charge in [-0.2, -0.15) is 0 Å². The average Bonchev–Trinajstić information content (AvgIpc) is 2.74. The van der Waals surface area contributed by atoms with Gasteiger partial charge in [-0.1, -0.05) is 23.7 Å². The highest BCUT2D eigenvalue weighted by Gasteiger charge is 2.02. The maximum atomic E-state index is 10.4. The van der Waals surface area contributed by atoms with Crippen molar-refractivity contribution < 1.29 is 9.90 Å². The lowest BCUT2D eigenvalue weighted by molar-refractivity contribution is -0.131. The Morgan fingerprint density at radius 3 is 3.06 bits per heavy atom. The molecule has 0 saturated heterocycles. The number of benzene rings is 1. The number of carboxylic acid groups (broad SMARTS) is 1. The van der Waals surface area contributed by atoms with E-state index in [0.29, 0.717) is 11.4 Å². The van der Waals surface area contributed by atoms with E-state index in [1.54, 1.807) is 12.3 Å². The van der Waals surface area contributed by atoms with Gasteiger partial charge in [0.2, 0.25) is 0 Å². The van der Waals surface area contributed by atoms with Crippen LogP contribution in [0.2, 0.25) is 5.02 Å². The first kappa shape index (κ1) is 12.8. The van der Waals surface area contributed by atoms with Crippen LogP contribution in [0.15, 0.2) is 36.5 Å². The molecule has 1 aromatic carbocycles. The molecule has 0 aliphatic heterocycles. The molecule has 5 heteroatoms. The third kappa shape index (κ3) is 3.68. The smallest absolute Gasteiger partial charge is 0.328 e. The van der Waals surface area contributed by atoms with Gasteiger partial charge in [0.1, 0.15) is 0 Å². The summed E-state index contributed by atoms with van der Waals surface area (Å²) in [6.45, 7) is 0. The second-order valence-corrected chi connectivity index (χ2v) is 5.22. The first-order valence-electron chi connectivity index (χ1n) is 5.23. The Kier molecular flexibility index (Phi) is 4.12. The van der Waals surface area contributed by atoms with E-state index in [4.69, 9.17) is 16.7 Å². The Bertz CT molecular complexity index is 592. The summed E-state index contributed by atoms with van der Waals surface area (Å²) in [4.78, 5) is 15.5. The van der Waals surface area contributed by atoms with E-state index in [-0.39, 0.29) is 0 Å². The van der Waals surface area contributed by atoms with Crippen LogP contribution in [0.4, 0.5) is 0 Å². The van der Waals surface area contributed by atoms with Crippen molar-refractivity contribution in [3.63, 3.8) is 0 Å². The summed E-state index contributed by atoms with van der Waals surface area (Å²) in [5, 5.41) is 10.2. The maximum Gasteiger partial charge on any atom is 0.328 e. The predicted octanol–water partition coefficient (Wildman–Crippen LogP) is 3.49. The zero-order chi connectivity index (χ0) is 13.0. The number of thiazole rings is 1. The molecule has 1 N–H and O–H groups in total. The molecule has 18 heavy (non-hydrogen) atoms. The van der Waals surface area contributed by atoms with Crippen LogP contribution in [0.1, 0.15) is 15.4 Å². The minimum atomic E-state index is -0.959. The monoisotopic (exact) mass is 279 g/mol. The Hall–Kier alpha value is -1.65. The molecule has 0 spiro atoms. The topological polar surface area (TPSA) is 50.2 Å². The van der Waals surface area contributed by atoms with E-state index in [1.807, 2.05) is 24.3 Å². The van der Waals surface area contributed by atoms with Crippen molar-refractivity contribution in [1.82, 2.24) is 4.98 Å². The van der Waals surface area contributed by atoms with Crippen molar-refractivity contribution in [2.75, 3.05) is 0 Å². The van der Waals surface area contributed by atoms with Crippen molar-refractivity contribution in [3.8, 4) is 0 Å². The van der Waals surface area contributed by atoms with Gasteiger partial charge in [0, 0.05) is 28.6 Å². The molecular weight excluding hydrogens is 270 g/mol. The van der Waals surface area contributed by atoms with Crippen molar-refractivity contribution in [3.05, 3.63) is 57.0 Å². The molecule has 1 aromatic heterocycles. The molecule has 0 bridgehead atoms. The van der Waals surface area contributed by atoms with Crippen LogP contribution in [-0.4, -0.2) is 16.1 Å². The molecule has 0 saturated carbocycles. The number of rotatable bonds is 4. The predicted molar refractivity (Wildman–Crippen MR) is 73.0 cm³/mol. The second-order valence-electron chi connectivity index (χ2n) is 3.63. The van der Waals surface area contributed by atoms with E-state index < -0.39 is 5.97 Å². The molecule has 0 aliphatic carbocycles. The highest BCUT2D eigenvalue weighted by atomic mass is 35.5. The lowest BCUT2D eigenvalue weighted by atomic mass is 10.2. The largest absolute Gasteiger partial charge is 0.478 e. The Labute approximate surface area is 113 Å². The molecule has 0 atom stereocenters. The van der Waals surface area contributed by atoms with Crippen LogP contribution < -0.4 is 0 Å². The van der Waals surface area contributed by atoms with E-state index in [1.165, 1.54) is 11.3 Å². The minimum absolute atomic E-state index is 0.701. The van der Waals surface area contributed by atoms with E-state index in [0.717, 1.165) is 21.5 Å². The zero-order valence-corrected chi connectivity index (χ0v) is 10.9. The first-order valence-corrected chi connectivity index (χ1v) is 6.43. The minimum Gasteiger partial charge on any atom is -0.478 e. The molecule has 0 radical (unpaired) electrons. The lowest BCUT2D eigenvalue weighted by Gasteiger charge is -1.97. The van der Waals surface area contributed by atoms with Gasteiger partial charge in [0.05, 0.1) is 5.01 Å². The van der Waals surface area contributed by atoms with E-state index in [2.05, 4.69) is 4.98 Å². The molecule has 2 aromatic rings. The van der Waals surface area contributed by atoms with Gasteiger partial charge in [0.25, 0.3) is 0 Å². The number of carbonyl (C=O) groups is 1. The number of aromatic nitrogens is 1. The number of aliphatic carboxylic acids is 1. The maximum absolute atomic E-state index is 10.4. The summed E-state index contributed by atoms with van der Waals surface area (Å²) < 4.78 is 0. The zero-order valence-electron chi connectivity index (χ0n) is 9.34. The number of hydrogen-bond donors (Lipinski definition) is 1. The van der Waals surface area contributed by atoms with Crippen LogP contribution in [0.3, 0.4) is 0 Å². The van der Waals surface area contributed by atoms with Crippen molar-refractivity contribution in [1.29, 1.82) is 0 Å². The van der Waals surface area contributed by atoms with Crippen LogP contribution in [0.5, 0.6) is 0 Å². The van der Waals surface area contributed by atoms with Crippen molar-refractivity contribution >= 4 is 35.0 Å². The Balaban J connectivity index is 2.09. The molecule has 3 nitrogen and oxygen atoms in total. The highest BCUT2D eigenvalue weighted by molar-refractivity contribution is 7.12. The van der Waals surface area contributed by atoms with Gasteiger partial charge in [0.15, 0.2) is 0 Å². The molecule has 2 rings (SSSR count). The van der Waals surface area contributed by atoms with Crippen LogP contribution in [0, 0.1) is 0 Å². The standard InChI is InChI=1S/C13H10ClNO2S/c14-10-3-1-2-9(6-10)7-12-15-8-11(18-12)4-5-13(16)17/h1-6,8H,7H2,(H,16,17)/b5-4+.